The van der Waals surface area contributed by atoms with Crippen molar-refractivity contribution in [2.24, 2.45) is 0 Å². The van der Waals surface area contributed by atoms with Gasteiger partial charge >= 0.3 is 0 Å². The highest BCUT2D eigenvalue weighted by atomic mass is 14.9. The fourth-order valence-corrected chi connectivity index (χ4v) is 6.96. The molecule has 0 atom stereocenters. The van der Waals surface area contributed by atoms with E-state index >= 15 is 0 Å². The topological polar surface area (TPSA) is 51.6 Å². The molecule has 0 aliphatic carbocycles. The number of aromatic nitrogens is 4. The van der Waals surface area contributed by atoms with Gasteiger partial charge in [-0.1, -0.05) is 146 Å². The first-order valence-corrected chi connectivity index (χ1v) is 18.0. The van der Waals surface area contributed by atoms with Crippen molar-refractivity contribution < 1.29 is 0 Å². The summed E-state index contributed by atoms with van der Waals surface area (Å²) in [6, 6.07) is 63.6. The van der Waals surface area contributed by atoms with Gasteiger partial charge in [-0.25, -0.2) is 9.97 Å². The van der Waals surface area contributed by atoms with Crippen LogP contribution < -0.4 is 0 Å². The van der Waals surface area contributed by atoms with E-state index in [1.165, 1.54) is 0 Å². The molecule has 0 saturated carbocycles. The lowest BCUT2D eigenvalue weighted by atomic mass is 9.87. The van der Waals surface area contributed by atoms with Crippen molar-refractivity contribution in [3.63, 3.8) is 0 Å². The predicted octanol–water partition coefficient (Wildman–Crippen LogP) is 12.6. The molecule has 9 aromatic rings. The Labute approximate surface area is 315 Å². The third kappa shape index (κ3) is 6.72. The molecule has 0 amide bonds. The van der Waals surface area contributed by atoms with Crippen molar-refractivity contribution >= 4 is 0 Å². The Morgan fingerprint density at radius 3 is 1.15 bits per heavy atom. The van der Waals surface area contributed by atoms with E-state index in [4.69, 9.17) is 9.97 Å². The van der Waals surface area contributed by atoms with Gasteiger partial charge in [-0.3, -0.25) is 9.97 Å². The number of pyridine rings is 2. The fraction of sp³-hybridized carbons (Fsp3) is 0. The van der Waals surface area contributed by atoms with Crippen molar-refractivity contribution in [3.8, 4) is 89.5 Å². The highest BCUT2D eigenvalue weighted by molar-refractivity contribution is 5.96. The molecule has 0 N–H and O–H groups in total. The minimum absolute atomic E-state index is 0.652. The van der Waals surface area contributed by atoms with Crippen LogP contribution in [0.15, 0.2) is 207 Å². The molecule has 254 valence electrons. The molecule has 0 saturated heterocycles. The van der Waals surface area contributed by atoms with Crippen LogP contribution in [0.1, 0.15) is 0 Å². The molecule has 0 spiro atoms. The van der Waals surface area contributed by atoms with Crippen LogP contribution >= 0.6 is 0 Å². The van der Waals surface area contributed by atoms with E-state index in [-0.39, 0.29) is 0 Å². The minimum atomic E-state index is 0.652. The molecule has 0 radical (unpaired) electrons. The number of benzene rings is 6. The monoisotopic (exact) mass is 690 g/mol. The molecule has 54 heavy (non-hydrogen) atoms. The molecule has 3 aromatic heterocycles. The summed E-state index contributed by atoms with van der Waals surface area (Å²) >= 11 is 0. The molecular weight excluding hydrogens is 657 g/mol. The minimum Gasteiger partial charge on any atom is -0.264 e. The summed E-state index contributed by atoms with van der Waals surface area (Å²) in [4.78, 5) is 19.4. The van der Waals surface area contributed by atoms with E-state index in [9.17, 15) is 0 Å². The van der Waals surface area contributed by atoms with Crippen LogP contribution in [-0.2, 0) is 0 Å². The first-order chi connectivity index (χ1) is 26.8. The Hall–Kier alpha value is -7.30. The maximum atomic E-state index is 5.38. The van der Waals surface area contributed by atoms with Gasteiger partial charge in [0.25, 0.3) is 0 Å². The van der Waals surface area contributed by atoms with Crippen molar-refractivity contribution in [2.75, 3.05) is 0 Å². The lowest BCUT2D eigenvalue weighted by molar-refractivity contribution is 1.18. The van der Waals surface area contributed by atoms with Gasteiger partial charge in [0.1, 0.15) is 0 Å². The van der Waals surface area contributed by atoms with Crippen molar-refractivity contribution in [2.45, 2.75) is 0 Å². The maximum Gasteiger partial charge on any atom is 0.161 e. The smallest absolute Gasteiger partial charge is 0.161 e. The van der Waals surface area contributed by atoms with Gasteiger partial charge in [0.15, 0.2) is 5.82 Å². The van der Waals surface area contributed by atoms with Gasteiger partial charge in [-0.15, -0.1) is 0 Å². The van der Waals surface area contributed by atoms with Crippen LogP contribution in [0.2, 0.25) is 0 Å². The first-order valence-electron chi connectivity index (χ1n) is 18.0. The second-order valence-corrected chi connectivity index (χ2v) is 13.1. The predicted molar refractivity (Wildman–Crippen MR) is 221 cm³/mol. The van der Waals surface area contributed by atoms with Crippen LogP contribution in [0.5, 0.6) is 0 Å². The fourth-order valence-electron chi connectivity index (χ4n) is 6.96. The average Bonchev–Trinajstić information content (AvgIpc) is 3.27. The lowest BCUT2D eigenvalue weighted by Crippen LogP contribution is -2.00. The first kappa shape index (κ1) is 32.6. The zero-order valence-electron chi connectivity index (χ0n) is 29.4. The van der Waals surface area contributed by atoms with Crippen molar-refractivity contribution in [1.82, 2.24) is 19.9 Å². The summed E-state index contributed by atoms with van der Waals surface area (Å²) in [5.74, 6) is 0.652. The summed E-state index contributed by atoms with van der Waals surface area (Å²) in [7, 11) is 0. The van der Waals surface area contributed by atoms with E-state index in [0.717, 1.165) is 83.7 Å². The normalized spacial score (nSPS) is 11.0. The Bertz CT molecular complexity index is 2580. The summed E-state index contributed by atoms with van der Waals surface area (Å²) in [5.41, 5.74) is 15.7. The Balaban J connectivity index is 1.22. The lowest BCUT2D eigenvalue weighted by Gasteiger charge is -2.19. The molecule has 9 rings (SSSR count). The Morgan fingerprint density at radius 1 is 0.278 bits per heavy atom. The Kier molecular flexibility index (Phi) is 8.90. The summed E-state index contributed by atoms with van der Waals surface area (Å²) in [6.45, 7) is 0. The van der Waals surface area contributed by atoms with Crippen LogP contribution in [0.3, 0.4) is 0 Å². The van der Waals surface area contributed by atoms with Gasteiger partial charge in [0.05, 0.1) is 11.4 Å². The molecule has 3 heterocycles. The van der Waals surface area contributed by atoms with E-state index in [1.807, 2.05) is 24.5 Å². The summed E-state index contributed by atoms with van der Waals surface area (Å²) in [6.07, 6.45) is 7.34. The maximum absolute atomic E-state index is 5.38. The van der Waals surface area contributed by atoms with E-state index in [2.05, 4.69) is 180 Å². The van der Waals surface area contributed by atoms with Crippen LogP contribution in [0.4, 0.5) is 0 Å². The highest BCUT2D eigenvalue weighted by Gasteiger charge is 2.21. The molecule has 0 aliphatic rings. The molecule has 4 nitrogen and oxygen atoms in total. The molecule has 0 bridgehead atoms. The number of rotatable bonds is 8. The third-order valence-electron chi connectivity index (χ3n) is 9.72. The Morgan fingerprint density at radius 2 is 0.667 bits per heavy atom. The molecule has 0 unspecified atom stereocenters. The van der Waals surface area contributed by atoms with Crippen LogP contribution in [0.25, 0.3) is 89.5 Å². The van der Waals surface area contributed by atoms with Crippen LogP contribution in [-0.4, -0.2) is 19.9 Å². The average molecular weight is 691 g/mol. The van der Waals surface area contributed by atoms with Gasteiger partial charge in [0, 0.05) is 41.5 Å². The molecule has 0 aliphatic heterocycles. The molecule has 0 fully saturated rings. The zero-order chi connectivity index (χ0) is 36.1. The SMILES string of the molecule is c1ccc(-c2cc(-c3ccccc3)c(-c3nc(-c4ccc(-c5ccc(-c6cccnc6)cc5)cc4)cc(-c4cccnc4)n3)c(-c3ccccc3)c2)cc1. The van der Waals surface area contributed by atoms with Crippen molar-refractivity contribution in [3.05, 3.63) is 207 Å². The number of nitrogens with zero attached hydrogens (tertiary/aromatic N) is 4. The second-order valence-electron chi connectivity index (χ2n) is 13.1. The summed E-state index contributed by atoms with van der Waals surface area (Å²) in [5, 5.41) is 0. The van der Waals surface area contributed by atoms with E-state index in [0.29, 0.717) is 5.82 Å². The van der Waals surface area contributed by atoms with Crippen molar-refractivity contribution in [1.29, 1.82) is 0 Å². The number of hydrogen-bond acceptors (Lipinski definition) is 4. The van der Waals surface area contributed by atoms with Gasteiger partial charge < -0.3 is 0 Å². The molecule has 4 heteroatoms. The van der Waals surface area contributed by atoms with Crippen LogP contribution in [0, 0.1) is 0 Å². The number of hydrogen-bond donors (Lipinski definition) is 0. The third-order valence-corrected chi connectivity index (χ3v) is 9.72. The van der Waals surface area contributed by atoms with E-state index < -0.39 is 0 Å². The largest absolute Gasteiger partial charge is 0.264 e. The van der Waals surface area contributed by atoms with Gasteiger partial charge in [-0.05, 0) is 92.0 Å². The van der Waals surface area contributed by atoms with E-state index in [1.54, 1.807) is 12.4 Å². The molecule has 6 aromatic carbocycles. The second kappa shape index (κ2) is 14.7. The molecular formula is C50H34N4. The highest BCUT2D eigenvalue weighted by Crippen LogP contribution is 2.43. The van der Waals surface area contributed by atoms with Gasteiger partial charge in [-0.2, -0.15) is 0 Å². The summed E-state index contributed by atoms with van der Waals surface area (Å²) < 4.78 is 0. The standard InChI is InChI=1S/C50H34N4/c1-4-12-35(13-5-1)44-30-45(39-14-6-2-7-15-39)49(46(31-44)40-16-8-3-9-17-40)50-53-47(32-48(54-50)43-19-11-29-52-34-43)41-26-24-37(25-27-41)36-20-22-38(23-21-36)42-18-10-28-51-33-42/h1-34H. The zero-order valence-corrected chi connectivity index (χ0v) is 29.4. The quantitative estimate of drug-likeness (QED) is 0.159. The van der Waals surface area contributed by atoms with Gasteiger partial charge in [0.2, 0.25) is 0 Å².